The topological polar surface area (TPSA) is 72.2 Å². The third-order valence-corrected chi connectivity index (χ3v) is 6.23. The van der Waals surface area contributed by atoms with Gasteiger partial charge in [-0.2, -0.15) is 0 Å². The van der Waals surface area contributed by atoms with Crippen LogP contribution in [-0.4, -0.2) is 8.42 Å². The second-order valence-electron chi connectivity index (χ2n) is 4.69. The van der Waals surface area contributed by atoms with Crippen molar-refractivity contribution in [3.05, 3.63) is 22.7 Å². The van der Waals surface area contributed by atoms with Crippen molar-refractivity contribution in [1.82, 2.24) is 0 Å². The van der Waals surface area contributed by atoms with E-state index in [2.05, 4.69) is 4.72 Å². The smallest absolute Gasteiger partial charge is 0.242 e. The summed E-state index contributed by atoms with van der Waals surface area (Å²) in [6.45, 7) is 0. The molecule has 0 amide bonds. The third-order valence-electron chi connectivity index (χ3n) is 3.80. The van der Waals surface area contributed by atoms with Crippen LogP contribution in [0.4, 0.5) is 11.4 Å². The molecule has 0 unspecified atom stereocenters. The van der Waals surface area contributed by atoms with Gasteiger partial charge >= 0.3 is 0 Å². The number of halogens is 1. The standard InChI is InChI=1S/C11H13ClN2O2S/c12-7-3-4-8(13)10-9(7)11(5-1-2-6-11)17(15,16)14-10/h3-4,14H,1-2,5-6,13H2. The Labute approximate surface area is 105 Å². The molecule has 1 aliphatic carbocycles. The van der Waals surface area contributed by atoms with Crippen LogP contribution in [0.25, 0.3) is 0 Å². The molecule has 6 heteroatoms. The van der Waals surface area contributed by atoms with Crippen molar-refractivity contribution in [2.45, 2.75) is 30.4 Å². The van der Waals surface area contributed by atoms with Crippen molar-refractivity contribution in [1.29, 1.82) is 0 Å². The number of hydrogen-bond acceptors (Lipinski definition) is 3. The predicted octanol–water partition coefficient (Wildman–Crippen LogP) is 2.45. The summed E-state index contributed by atoms with van der Waals surface area (Å²) in [6, 6.07) is 3.32. The van der Waals surface area contributed by atoms with E-state index in [0.717, 1.165) is 12.8 Å². The summed E-state index contributed by atoms with van der Waals surface area (Å²) >= 11 is 6.18. The Bertz CT molecular complexity index is 592. The van der Waals surface area contributed by atoms with Crippen LogP contribution in [0.15, 0.2) is 12.1 Å². The lowest BCUT2D eigenvalue weighted by Crippen LogP contribution is -2.31. The Hall–Kier alpha value is -0.940. The molecule has 0 atom stereocenters. The van der Waals surface area contributed by atoms with Gasteiger partial charge in [0, 0.05) is 10.6 Å². The zero-order valence-electron chi connectivity index (χ0n) is 9.16. The second-order valence-corrected chi connectivity index (χ2v) is 7.09. The Morgan fingerprint density at radius 1 is 1.29 bits per heavy atom. The van der Waals surface area contributed by atoms with E-state index in [1.165, 1.54) is 0 Å². The fraction of sp³-hybridized carbons (Fsp3) is 0.455. The van der Waals surface area contributed by atoms with Crippen molar-refractivity contribution in [3.8, 4) is 0 Å². The van der Waals surface area contributed by atoms with Gasteiger partial charge in [0.25, 0.3) is 0 Å². The minimum Gasteiger partial charge on any atom is -0.397 e. The average Bonchev–Trinajstić information content (AvgIpc) is 2.81. The first-order valence-corrected chi connectivity index (χ1v) is 7.45. The summed E-state index contributed by atoms with van der Waals surface area (Å²) in [6.07, 6.45) is 3.06. The molecule has 0 bridgehead atoms. The molecule has 1 aromatic rings. The normalized spacial score (nSPS) is 23.6. The number of nitrogen functional groups attached to an aromatic ring is 1. The molecule has 1 spiro atoms. The van der Waals surface area contributed by atoms with Gasteiger partial charge in [-0.3, -0.25) is 4.72 Å². The zero-order chi connectivity index (χ0) is 12.3. The lowest BCUT2D eigenvalue weighted by atomic mass is 9.94. The molecule has 4 nitrogen and oxygen atoms in total. The van der Waals surface area contributed by atoms with Crippen LogP contribution in [-0.2, 0) is 14.8 Å². The minimum atomic E-state index is -3.40. The summed E-state index contributed by atoms with van der Waals surface area (Å²) in [5.74, 6) is 0. The van der Waals surface area contributed by atoms with Crippen LogP contribution in [0.3, 0.4) is 0 Å². The SMILES string of the molecule is Nc1ccc(Cl)c2c1NS(=O)(=O)C21CCCC1. The molecule has 2 aliphatic rings. The Morgan fingerprint density at radius 2 is 1.94 bits per heavy atom. The number of fused-ring (bicyclic) bond motifs is 2. The lowest BCUT2D eigenvalue weighted by molar-refractivity contribution is 0.537. The molecule has 0 radical (unpaired) electrons. The highest BCUT2D eigenvalue weighted by molar-refractivity contribution is 7.94. The lowest BCUT2D eigenvalue weighted by Gasteiger charge is -2.22. The first-order valence-electron chi connectivity index (χ1n) is 5.59. The fourth-order valence-corrected chi connectivity index (χ4v) is 5.37. The first kappa shape index (κ1) is 11.2. The number of rotatable bonds is 0. The Morgan fingerprint density at radius 3 is 2.59 bits per heavy atom. The van der Waals surface area contributed by atoms with Gasteiger partial charge in [-0.25, -0.2) is 8.42 Å². The molecule has 1 saturated carbocycles. The largest absolute Gasteiger partial charge is 0.397 e. The van der Waals surface area contributed by atoms with E-state index in [-0.39, 0.29) is 0 Å². The van der Waals surface area contributed by atoms with Crippen molar-refractivity contribution < 1.29 is 8.42 Å². The number of nitrogens with one attached hydrogen (secondary N) is 1. The molecule has 92 valence electrons. The van der Waals surface area contributed by atoms with Crippen molar-refractivity contribution in [3.63, 3.8) is 0 Å². The maximum atomic E-state index is 12.3. The monoisotopic (exact) mass is 272 g/mol. The van der Waals surface area contributed by atoms with E-state index < -0.39 is 14.8 Å². The molecular weight excluding hydrogens is 260 g/mol. The highest BCUT2D eigenvalue weighted by Crippen LogP contribution is 2.56. The number of sulfonamides is 1. The molecule has 3 N–H and O–H groups in total. The molecule has 1 aromatic carbocycles. The fourth-order valence-electron chi connectivity index (χ4n) is 2.98. The quantitative estimate of drug-likeness (QED) is 0.713. The van der Waals surface area contributed by atoms with Gasteiger partial charge in [-0.15, -0.1) is 0 Å². The number of hydrogen-bond donors (Lipinski definition) is 2. The summed E-state index contributed by atoms with van der Waals surface area (Å²) in [4.78, 5) is 0. The highest BCUT2D eigenvalue weighted by atomic mass is 35.5. The van der Waals surface area contributed by atoms with Gasteiger partial charge in [0.1, 0.15) is 4.75 Å². The van der Waals surface area contributed by atoms with E-state index in [1.54, 1.807) is 12.1 Å². The Balaban J connectivity index is 2.36. The van der Waals surface area contributed by atoms with E-state index in [1.807, 2.05) is 0 Å². The molecule has 0 saturated heterocycles. The van der Waals surface area contributed by atoms with E-state index in [0.29, 0.717) is 34.8 Å². The zero-order valence-corrected chi connectivity index (χ0v) is 10.7. The summed E-state index contributed by atoms with van der Waals surface area (Å²) in [5.41, 5.74) is 7.43. The van der Waals surface area contributed by atoms with Gasteiger partial charge in [-0.1, -0.05) is 24.4 Å². The highest BCUT2D eigenvalue weighted by Gasteiger charge is 2.54. The second kappa shape index (κ2) is 3.29. The van der Waals surface area contributed by atoms with Crippen LogP contribution >= 0.6 is 11.6 Å². The van der Waals surface area contributed by atoms with E-state index >= 15 is 0 Å². The van der Waals surface area contributed by atoms with Gasteiger partial charge in [0.15, 0.2) is 0 Å². The van der Waals surface area contributed by atoms with Crippen LogP contribution < -0.4 is 10.5 Å². The molecule has 1 aliphatic heterocycles. The van der Waals surface area contributed by atoms with Crippen molar-refractivity contribution >= 4 is 33.0 Å². The predicted molar refractivity (Wildman–Crippen MR) is 68.6 cm³/mol. The van der Waals surface area contributed by atoms with Gasteiger partial charge in [0.2, 0.25) is 10.0 Å². The molecule has 1 fully saturated rings. The van der Waals surface area contributed by atoms with Gasteiger partial charge in [0.05, 0.1) is 11.4 Å². The van der Waals surface area contributed by atoms with Crippen LogP contribution in [0, 0.1) is 0 Å². The minimum absolute atomic E-state index is 0.441. The third kappa shape index (κ3) is 1.27. The molecule has 1 heterocycles. The van der Waals surface area contributed by atoms with Crippen molar-refractivity contribution in [2.24, 2.45) is 0 Å². The maximum absolute atomic E-state index is 12.3. The molecule has 0 aromatic heterocycles. The van der Waals surface area contributed by atoms with Crippen LogP contribution in [0.2, 0.25) is 5.02 Å². The molecule has 3 rings (SSSR count). The number of nitrogens with two attached hydrogens (primary N) is 1. The Kier molecular flexibility index (Phi) is 2.16. The number of benzene rings is 1. The van der Waals surface area contributed by atoms with Gasteiger partial charge < -0.3 is 5.73 Å². The maximum Gasteiger partial charge on any atom is 0.242 e. The number of anilines is 2. The summed E-state index contributed by atoms with van der Waals surface area (Å²) in [5, 5.41) is 0.490. The van der Waals surface area contributed by atoms with E-state index in [9.17, 15) is 8.42 Å². The molecule has 17 heavy (non-hydrogen) atoms. The molecular formula is C11H13ClN2O2S. The van der Waals surface area contributed by atoms with Crippen LogP contribution in [0.1, 0.15) is 31.2 Å². The first-order chi connectivity index (χ1) is 7.98. The van der Waals surface area contributed by atoms with Crippen molar-refractivity contribution in [2.75, 3.05) is 10.5 Å². The summed E-state index contributed by atoms with van der Waals surface area (Å²) in [7, 11) is -3.40. The van der Waals surface area contributed by atoms with Gasteiger partial charge in [-0.05, 0) is 25.0 Å². The van der Waals surface area contributed by atoms with E-state index in [4.69, 9.17) is 17.3 Å². The average molecular weight is 273 g/mol. The summed E-state index contributed by atoms with van der Waals surface area (Å²) < 4.78 is 26.4. The van der Waals surface area contributed by atoms with Crippen LogP contribution in [0.5, 0.6) is 0 Å².